The van der Waals surface area contributed by atoms with Gasteiger partial charge in [-0.1, -0.05) is 6.92 Å². The van der Waals surface area contributed by atoms with Crippen molar-refractivity contribution in [2.75, 3.05) is 6.54 Å². The standard InChI is InChI=1S/C14H15F2N3/c1-2-5-19-14(10-7-17-9-18-8-10)12-6-11(15)3-4-13(12)16/h3-4,6-9,14,19H,2,5H2,1H3. The summed E-state index contributed by atoms with van der Waals surface area (Å²) in [7, 11) is 0. The fourth-order valence-electron chi connectivity index (χ4n) is 1.89. The number of benzene rings is 1. The Morgan fingerprint density at radius 1 is 1.21 bits per heavy atom. The molecule has 5 heteroatoms. The molecule has 0 amide bonds. The maximum atomic E-state index is 13.9. The first-order chi connectivity index (χ1) is 9.22. The summed E-state index contributed by atoms with van der Waals surface area (Å²) in [6, 6.07) is 3.00. The van der Waals surface area contributed by atoms with Gasteiger partial charge >= 0.3 is 0 Å². The average molecular weight is 263 g/mol. The van der Waals surface area contributed by atoms with Crippen LogP contribution >= 0.6 is 0 Å². The van der Waals surface area contributed by atoms with E-state index in [1.165, 1.54) is 12.4 Å². The quantitative estimate of drug-likeness (QED) is 0.901. The van der Waals surface area contributed by atoms with Gasteiger partial charge in [0.1, 0.15) is 18.0 Å². The van der Waals surface area contributed by atoms with E-state index in [-0.39, 0.29) is 5.56 Å². The predicted molar refractivity (Wildman–Crippen MR) is 68.5 cm³/mol. The highest BCUT2D eigenvalue weighted by atomic mass is 19.1. The van der Waals surface area contributed by atoms with Gasteiger partial charge in [0, 0.05) is 23.5 Å². The number of aromatic nitrogens is 2. The van der Waals surface area contributed by atoms with Crippen LogP contribution in [0.4, 0.5) is 8.78 Å². The lowest BCUT2D eigenvalue weighted by molar-refractivity contribution is 0.533. The lowest BCUT2D eigenvalue weighted by Gasteiger charge is -2.19. The first-order valence-corrected chi connectivity index (χ1v) is 6.15. The number of halogens is 2. The molecule has 1 atom stereocenters. The topological polar surface area (TPSA) is 37.8 Å². The van der Waals surface area contributed by atoms with Crippen LogP contribution in [0, 0.1) is 11.6 Å². The monoisotopic (exact) mass is 263 g/mol. The van der Waals surface area contributed by atoms with Crippen molar-refractivity contribution in [2.24, 2.45) is 0 Å². The summed E-state index contributed by atoms with van der Waals surface area (Å²) in [6.07, 6.45) is 5.50. The molecule has 0 aliphatic carbocycles. The number of nitrogens with one attached hydrogen (secondary N) is 1. The number of rotatable bonds is 5. The third-order valence-corrected chi connectivity index (χ3v) is 2.78. The third kappa shape index (κ3) is 3.32. The summed E-state index contributed by atoms with van der Waals surface area (Å²) in [5, 5.41) is 3.18. The van der Waals surface area contributed by atoms with Crippen molar-refractivity contribution in [3.05, 3.63) is 59.7 Å². The minimum Gasteiger partial charge on any atom is -0.306 e. The van der Waals surface area contributed by atoms with Gasteiger partial charge < -0.3 is 5.32 Å². The Morgan fingerprint density at radius 2 is 1.95 bits per heavy atom. The van der Waals surface area contributed by atoms with Crippen LogP contribution in [0.1, 0.15) is 30.5 Å². The van der Waals surface area contributed by atoms with Crippen LogP contribution in [0.3, 0.4) is 0 Å². The first kappa shape index (κ1) is 13.5. The molecule has 100 valence electrons. The van der Waals surface area contributed by atoms with Gasteiger partial charge in [0.25, 0.3) is 0 Å². The van der Waals surface area contributed by atoms with Crippen LogP contribution in [0.5, 0.6) is 0 Å². The fourth-order valence-corrected chi connectivity index (χ4v) is 1.89. The molecule has 1 aromatic heterocycles. The molecule has 2 rings (SSSR count). The number of nitrogens with zero attached hydrogens (tertiary/aromatic N) is 2. The Bertz CT molecular complexity index is 531. The number of hydrogen-bond donors (Lipinski definition) is 1. The van der Waals surface area contributed by atoms with E-state index in [1.807, 2.05) is 6.92 Å². The van der Waals surface area contributed by atoms with E-state index in [2.05, 4.69) is 15.3 Å². The van der Waals surface area contributed by atoms with Gasteiger partial charge in [-0.3, -0.25) is 0 Å². The molecule has 19 heavy (non-hydrogen) atoms. The van der Waals surface area contributed by atoms with E-state index in [0.29, 0.717) is 12.1 Å². The van der Waals surface area contributed by atoms with Gasteiger partial charge in [0.05, 0.1) is 6.04 Å². The second-order valence-corrected chi connectivity index (χ2v) is 4.22. The summed E-state index contributed by atoms with van der Waals surface area (Å²) in [5.41, 5.74) is 0.976. The summed E-state index contributed by atoms with van der Waals surface area (Å²) in [5.74, 6) is -0.907. The Hall–Kier alpha value is -1.88. The largest absolute Gasteiger partial charge is 0.306 e. The first-order valence-electron chi connectivity index (χ1n) is 6.15. The zero-order chi connectivity index (χ0) is 13.7. The van der Waals surface area contributed by atoms with E-state index in [1.54, 1.807) is 12.4 Å². The van der Waals surface area contributed by atoms with Gasteiger partial charge in [-0.05, 0) is 31.2 Å². The molecule has 1 heterocycles. The second kappa shape index (κ2) is 6.33. The van der Waals surface area contributed by atoms with Crippen LogP contribution in [-0.4, -0.2) is 16.5 Å². The SMILES string of the molecule is CCCNC(c1cncnc1)c1cc(F)ccc1F. The molecular formula is C14H15F2N3. The summed E-state index contributed by atoms with van der Waals surface area (Å²) < 4.78 is 27.2. The maximum absolute atomic E-state index is 13.9. The highest BCUT2D eigenvalue weighted by molar-refractivity contribution is 5.30. The van der Waals surface area contributed by atoms with Crippen molar-refractivity contribution in [1.82, 2.24) is 15.3 Å². The molecule has 1 N–H and O–H groups in total. The van der Waals surface area contributed by atoms with Crippen LogP contribution in [-0.2, 0) is 0 Å². The maximum Gasteiger partial charge on any atom is 0.128 e. The molecular weight excluding hydrogens is 248 g/mol. The Labute approximate surface area is 110 Å². The average Bonchev–Trinajstić information content (AvgIpc) is 2.44. The molecule has 2 aromatic rings. The van der Waals surface area contributed by atoms with Crippen LogP contribution in [0.25, 0.3) is 0 Å². The summed E-state index contributed by atoms with van der Waals surface area (Å²) in [4.78, 5) is 7.85. The van der Waals surface area contributed by atoms with E-state index >= 15 is 0 Å². The normalized spacial score (nSPS) is 12.4. The molecule has 0 fully saturated rings. The predicted octanol–water partition coefficient (Wildman–Crippen LogP) is 2.84. The molecule has 3 nitrogen and oxygen atoms in total. The molecule has 0 aliphatic heterocycles. The molecule has 0 aliphatic rings. The van der Waals surface area contributed by atoms with E-state index in [0.717, 1.165) is 18.6 Å². The van der Waals surface area contributed by atoms with E-state index in [4.69, 9.17) is 0 Å². The van der Waals surface area contributed by atoms with Crippen LogP contribution in [0.15, 0.2) is 36.9 Å². The molecule has 0 radical (unpaired) electrons. The Balaban J connectivity index is 2.40. The molecule has 0 bridgehead atoms. The third-order valence-electron chi connectivity index (χ3n) is 2.78. The van der Waals surface area contributed by atoms with Crippen LogP contribution < -0.4 is 5.32 Å². The smallest absolute Gasteiger partial charge is 0.128 e. The van der Waals surface area contributed by atoms with Crippen LogP contribution in [0.2, 0.25) is 0 Å². The molecule has 0 saturated heterocycles. The zero-order valence-electron chi connectivity index (χ0n) is 10.6. The van der Waals surface area contributed by atoms with E-state index in [9.17, 15) is 8.78 Å². The van der Waals surface area contributed by atoms with Crippen molar-refractivity contribution < 1.29 is 8.78 Å². The van der Waals surface area contributed by atoms with Gasteiger partial charge in [-0.15, -0.1) is 0 Å². The lowest BCUT2D eigenvalue weighted by Crippen LogP contribution is -2.24. The van der Waals surface area contributed by atoms with Gasteiger partial charge in [-0.25, -0.2) is 18.7 Å². The number of hydrogen-bond acceptors (Lipinski definition) is 3. The highest BCUT2D eigenvalue weighted by Gasteiger charge is 2.18. The zero-order valence-corrected chi connectivity index (χ0v) is 10.6. The van der Waals surface area contributed by atoms with Crippen molar-refractivity contribution in [3.63, 3.8) is 0 Å². The second-order valence-electron chi connectivity index (χ2n) is 4.22. The molecule has 0 saturated carbocycles. The fraction of sp³-hybridized carbons (Fsp3) is 0.286. The molecule has 0 spiro atoms. The minimum atomic E-state index is -0.462. The van der Waals surface area contributed by atoms with Gasteiger partial charge in [0.2, 0.25) is 0 Å². The molecule has 1 aromatic carbocycles. The Kier molecular flexibility index (Phi) is 4.52. The van der Waals surface area contributed by atoms with Crippen molar-refractivity contribution in [1.29, 1.82) is 0 Å². The van der Waals surface area contributed by atoms with Gasteiger partial charge in [-0.2, -0.15) is 0 Å². The van der Waals surface area contributed by atoms with Gasteiger partial charge in [0.15, 0.2) is 0 Å². The van der Waals surface area contributed by atoms with Crippen molar-refractivity contribution in [3.8, 4) is 0 Å². The molecule has 1 unspecified atom stereocenters. The lowest BCUT2D eigenvalue weighted by atomic mass is 10.0. The van der Waals surface area contributed by atoms with Crippen molar-refractivity contribution in [2.45, 2.75) is 19.4 Å². The Morgan fingerprint density at radius 3 is 2.63 bits per heavy atom. The minimum absolute atomic E-state index is 0.267. The highest BCUT2D eigenvalue weighted by Crippen LogP contribution is 2.24. The van der Waals surface area contributed by atoms with E-state index < -0.39 is 17.7 Å². The summed E-state index contributed by atoms with van der Waals surface area (Å²) >= 11 is 0. The van der Waals surface area contributed by atoms with Crippen molar-refractivity contribution >= 4 is 0 Å². The summed E-state index contributed by atoms with van der Waals surface area (Å²) in [6.45, 7) is 2.70.